The van der Waals surface area contributed by atoms with Gasteiger partial charge in [0.05, 0.1) is 5.75 Å². The lowest BCUT2D eigenvalue weighted by atomic mass is 10.2. The Hall–Kier alpha value is -1.62. The lowest BCUT2D eigenvalue weighted by Crippen LogP contribution is -2.26. The Morgan fingerprint density at radius 3 is 2.78 bits per heavy atom. The molecule has 0 atom stereocenters. The van der Waals surface area contributed by atoms with Crippen LogP contribution >= 0.6 is 0 Å². The molecule has 0 aliphatic rings. The smallest absolute Gasteiger partial charge is 0.210 e. The van der Waals surface area contributed by atoms with E-state index in [1.807, 2.05) is 18.2 Å². The Morgan fingerprint density at radius 1 is 1.39 bits per heavy atom. The maximum Gasteiger partial charge on any atom is 0.210 e. The molecule has 0 aliphatic carbocycles. The summed E-state index contributed by atoms with van der Waals surface area (Å²) in [4.78, 5) is 0. The summed E-state index contributed by atoms with van der Waals surface area (Å²) in [5, 5.41) is 16.3. The van der Waals surface area contributed by atoms with Gasteiger partial charge in [-0.05, 0) is 6.07 Å². The summed E-state index contributed by atoms with van der Waals surface area (Å²) in [6.07, 6.45) is 0. The minimum atomic E-state index is -3.44. The fourth-order valence-electron chi connectivity index (χ4n) is 1.34. The van der Waals surface area contributed by atoms with Crippen LogP contribution < -0.4 is 15.2 Å². The molecule has 18 heavy (non-hydrogen) atoms. The number of nitrogens with one attached hydrogen (secondary N) is 1. The molecule has 0 aromatic heterocycles. The molecule has 0 amide bonds. The molecule has 1 aromatic carbocycles. The van der Waals surface area contributed by atoms with Crippen molar-refractivity contribution >= 4 is 10.0 Å². The van der Waals surface area contributed by atoms with Gasteiger partial charge in [-0.25, -0.2) is 13.6 Å². The van der Waals surface area contributed by atoms with Gasteiger partial charge in [-0.15, -0.1) is 0 Å². The summed E-state index contributed by atoms with van der Waals surface area (Å²) in [5.74, 6) is 0.496. The SMILES string of the molecule is N#CCOc1ccccc1CNCCS(N)(=O)=O. The van der Waals surface area contributed by atoms with Crippen molar-refractivity contribution in [2.45, 2.75) is 6.54 Å². The largest absolute Gasteiger partial charge is 0.478 e. The zero-order valence-electron chi connectivity index (χ0n) is 9.80. The van der Waals surface area contributed by atoms with Crippen LogP contribution in [0, 0.1) is 11.3 Å². The molecule has 7 heteroatoms. The van der Waals surface area contributed by atoms with Gasteiger partial charge >= 0.3 is 0 Å². The minimum absolute atomic E-state index is 0.0197. The summed E-state index contributed by atoms with van der Waals surface area (Å²) < 4.78 is 26.7. The van der Waals surface area contributed by atoms with Gasteiger partial charge in [0.1, 0.15) is 11.8 Å². The maximum atomic E-state index is 10.7. The molecule has 0 bridgehead atoms. The molecule has 6 nitrogen and oxygen atoms in total. The minimum Gasteiger partial charge on any atom is -0.478 e. The monoisotopic (exact) mass is 269 g/mol. The van der Waals surface area contributed by atoms with E-state index in [2.05, 4.69) is 5.32 Å². The molecule has 0 aliphatic heterocycles. The first-order chi connectivity index (χ1) is 8.53. The first-order valence-corrected chi connectivity index (χ1v) is 7.03. The number of ether oxygens (including phenoxy) is 1. The van der Waals surface area contributed by atoms with Crippen LogP contribution in [0.1, 0.15) is 5.56 Å². The zero-order valence-corrected chi connectivity index (χ0v) is 10.6. The van der Waals surface area contributed by atoms with Crippen molar-refractivity contribution in [1.82, 2.24) is 5.32 Å². The number of rotatable bonds is 7. The Bertz CT molecular complexity index is 523. The van der Waals surface area contributed by atoms with Gasteiger partial charge in [0.15, 0.2) is 6.61 Å². The highest BCUT2D eigenvalue weighted by molar-refractivity contribution is 7.89. The number of nitriles is 1. The summed E-state index contributed by atoms with van der Waals surface area (Å²) in [6, 6.07) is 9.14. The summed E-state index contributed by atoms with van der Waals surface area (Å²) in [5.41, 5.74) is 0.863. The van der Waals surface area contributed by atoms with Crippen LogP contribution in [-0.2, 0) is 16.6 Å². The lowest BCUT2D eigenvalue weighted by molar-refractivity contribution is 0.363. The summed E-state index contributed by atoms with van der Waals surface area (Å²) >= 11 is 0. The second-order valence-electron chi connectivity index (χ2n) is 3.60. The van der Waals surface area contributed by atoms with Crippen LogP contribution in [0.25, 0.3) is 0 Å². The number of nitrogens with zero attached hydrogens (tertiary/aromatic N) is 1. The average molecular weight is 269 g/mol. The molecule has 0 saturated carbocycles. The van der Waals surface area contributed by atoms with Crippen LogP contribution in [0.3, 0.4) is 0 Å². The van der Waals surface area contributed by atoms with Crippen molar-refractivity contribution in [3.8, 4) is 11.8 Å². The fourth-order valence-corrected chi connectivity index (χ4v) is 1.77. The van der Waals surface area contributed by atoms with Crippen LogP contribution in [0.4, 0.5) is 0 Å². The van der Waals surface area contributed by atoms with Gasteiger partial charge < -0.3 is 10.1 Å². The third-order valence-corrected chi connectivity index (χ3v) is 2.92. The van der Waals surface area contributed by atoms with Crippen molar-refractivity contribution in [2.24, 2.45) is 5.14 Å². The van der Waals surface area contributed by atoms with Crippen molar-refractivity contribution in [1.29, 1.82) is 5.26 Å². The molecular weight excluding hydrogens is 254 g/mol. The average Bonchev–Trinajstić information content (AvgIpc) is 2.32. The molecule has 3 N–H and O–H groups in total. The van der Waals surface area contributed by atoms with Crippen molar-refractivity contribution in [3.05, 3.63) is 29.8 Å². The number of para-hydroxylation sites is 1. The van der Waals surface area contributed by atoms with Gasteiger partial charge in [0.25, 0.3) is 0 Å². The molecule has 0 fully saturated rings. The predicted octanol–water partition coefficient (Wildman–Crippen LogP) is -0.0329. The Labute approximate surface area is 106 Å². The van der Waals surface area contributed by atoms with E-state index in [1.54, 1.807) is 12.1 Å². The summed E-state index contributed by atoms with van der Waals surface area (Å²) in [6.45, 7) is 0.705. The van der Waals surface area contributed by atoms with E-state index in [-0.39, 0.29) is 18.9 Å². The third kappa shape index (κ3) is 5.63. The standard InChI is InChI=1S/C11H15N3O3S/c12-5-7-17-11-4-2-1-3-10(11)9-14-6-8-18(13,15)16/h1-4,14H,6-9H2,(H2,13,15,16). The maximum absolute atomic E-state index is 10.7. The second kappa shape index (κ2) is 6.96. The van der Waals surface area contributed by atoms with Gasteiger partial charge in [-0.2, -0.15) is 5.26 Å². The molecule has 1 aromatic rings. The van der Waals surface area contributed by atoms with Gasteiger partial charge in [-0.1, -0.05) is 18.2 Å². The van der Waals surface area contributed by atoms with E-state index in [0.717, 1.165) is 5.56 Å². The highest BCUT2D eigenvalue weighted by Crippen LogP contribution is 2.17. The molecule has 98 valence electrons. The van der Waals surface area contributed by atoms with Crippen LogP contribution in [-0.4, -0.2) is 27.3 Å². The molecule has 0 radical (unpaired) electrons. The number of nitrogens with two attached hydrogens (primary N) is 1. The first-order valence-electron chi connectivity index (χ1n) is 5.32. The number of benzene rings is 1. The van der Waals surface area contributed by atoms with Crippen molar-refractivity contribution in [3.63, 3.8) is 0 Å². The van der Waals surface area contributed by atoms with E-state index in [1.165, 1.54) is 0 Å². The Balaban J connectivity index is 2.49. The van der Waals surface area contributed by atoms with E-state index in [9.17, 15) is 8.42 Å². The Kier molecular flexibility index (Phi) is 5.58. The highest BCUT2D eigenvalue weighted by Gasteiger charge is 2.04. The van der Waals surface area contributed by atoms with E-state index in [0.29, 0.717) is 12.3 Å². The van der Waals surface area contributed by atoms with Gasteiger partial charge in [0.2, 0.25) is 10.0 Å². The van der Waals surface area contributed by atoms with Crippen LogP contribution in [0.2, 0.25) is 0 Å². The third-order valence-electron chi connectivity index (χ3n) is 2.14. The second-order valence-corrected chi connectivity index (χ2v) is 5.33. The normalized spacial score (nSPS) is 10.9. The Morgan fingerprint density at radius 2 is 2.11 bits per heavy atom. The fraction of sp³-hybridized carbons (Fsp3) is 0.364. The molecule has 0 heterocycles. The lowest BCUT2D eigenvalue weighted by Gasteiger charge is -2.09. The van der Waals surface area contributed by atoms with Crippen molar-refractivity contribution in [2.75, 3.05) is 18.9 Å². The number of hydrogen-bond acceptors (Lipinski definition) is 5. The van der Waals surface area contributed by atoms with E-state index < -0.39 is 10.0 Å². The zero-order chi connectivity index (χ0) is 13.4. The van der Waals surface area contributed by atoms with Crippen LogP contribution in [0.5, 0.6) is 5.75 Å². The highest BCUT2D eigenvalue weighted by atomic mass is 32.2. The molecule has 0 unspecified atom stereocenters. The van der Waals surface area contributed by atoms with Gasteiger partial charge in [0, 0.05) is 18.7 Å². The van der Waals surface area contributed by atoms with Crippen LogP contribution in [0.15, 0.2) is 24.3 Å². The van der Waals surface area contributed by atoms with E-state index >= 15 is 0 Å². The quantitative estimate of drug-likeness (QED) is 0.676. The predicted molar refractivity (Wildman–Crippen MR) is 67.2 cm³/mol. The number of primary sulfonamides is 1. The molecule has 0 spiro atoms. The summed E-state index contributed by atoms with van der Waals surface area (Å²) in [7, 11) is -3.44. The molecular formula is C11H15N3O3S. The van der Waals surface area contributed by atoms with Crippen molar-refractivity contribution < 1.29 is 13.2 Å². The topological polar surface area (TPSA) is 105 Å². The molecule has 0 saturated heterocycles. The van der Waals surface area contributed by atoms with E-state index in [4.69, 9.17) is 15.1 Å². The molecule has 1 rings (SSSR count). The van der Waals surface area contributed by atoms with Gasteiger partial charge in [-0.3, -0.25) is 0 Å². The number of sulfonamides is 1. The first kappa shape index (κ1) is 14.4. The number of hydrogen-bond donors (Lipinski definition) is 2.